The normalized spacial score (nSPS) is 14.7. The molecule has 1 saturated heterocycles. The van der Waals surface area contributed by atoms with E-state index in [1.54, 1.807) is 14.2 Å². The Morgan fingerprint density at radius 1 is 1.23 bits per heavy atom. The zero-order valence-electron chi connectivity index (χ0n) is 16.1. The maximum absolute atomic E-state index is 5.49. The summed E-state index contributed by atoms with van der Waals surface area (Å²) < 4.78 is 16.0. The van der Waals surface area contributed by atoms with Gasteiger partial charge in [-0.2, -0.15) is 0 Å². The fraction of sp³-hybridized carbons (Fsp3) is 0.632. The van der Waals surface area contributed by atoms with Crippen molar-refractivity contribution in [3.8, 4) is 11.5 Å². The molecule has 1 aromatic rings. The van der Waals surface area contributed by atoms with Crippen LogP contribution in [0.1, 0.15) is 12.0 Å². The number of rotatable bonds is 9. The van der Waals surface area contributed by atoms with E-state index in [0.717, 1.165) is 75.4 Å². The van der Waals surface area contributed by atoms with Crippen LogP contribution in [0.2, 0.25) is 0 Å². The molecule has 0 amide bonds. The molecule has 1 fully saturated rings. The van der Waals surface area contributed by atoms with Gasteiger partial charge in [-0.25, -0.2) is 0 Å². The predicted molar refractivity (Wildman–Crippen MR) is 108 cm³/mol. The number of thiocarbonyl (C=S) groups is 1. The Bertz CT molecular complexity index is 565. The van der Waals surface area contributed by atoms with Crippen molar-refractivity contribution in [3.63, 3.8) is 0 Å². The van der Waals surface area contributed by atoms with Crippen LogP contribution in [0.4, 0.5) is 0 Å². The largest absolute Gasteiger partial charge is 0.493 e. The molecule has 1 aliphatic heterocycles. The highest BCUT2D eigenvalue weighted by Gasteiger charge is 2.10. The molecule has 7 heteroatoms. The molecule has 1 aliphatic rings. The van der Waals surface area contributed by atoms with E-state index in [1.807, 2.05) is 19.2 Å². The Kier molecular flexibility index (Phi) is 8.94. The molecule has 0 radical (unpaired) electrons. The summed E-state index contributed by atoms with van der Waals surface area (Å²) in [4.78, 5) is 4.52. The van der Waals surface area contributed by atoms with Gasteiger partial charge in [0.05, 0.1) is 27.4 Å². The van der Waals surface area contributed by atoms with Gasteiger partial charge in [0.1, 0.15) is 0 Å². The lowest BCUT2D eigenvalue weighted by molar-refractivity contribution is 0.0376. The Morgan fingerprint density at radius 2 is 1.96 bits per heavy atom. The van der Waals surface area contributed by atoms with Gasteiger partial charge in [0, 0.05) is 33.2 Å². The van der Waals surface area contributed by atoms with Gasteiger partial charge >= 0.3 is 0 Å². The number of methoxy groups -OCH3 is 2. The molecule has 0 spiro atoms. The van der Waals surface area contributed by atoms with Crippen molar-refractivity contribution >= 4 is 17.3 Å². The smallest absolute Gasteiger partial charge is 0.168 e. The van der Waals surface area contributed by atoms with Gasteiger partial charge in [-0.15, -0.1) is 0 Å². The number of nitrogens with zero attached hydrogens (tertiary/aromatic N) is 2. The molecular weight excluding hydrogens is 350 g/mol. The SMILES string of the molecule is COc1ccc(CCN(C)C(=S)NCCCN2CCOCC2)cc1OC. The Hall–Kier alpha value is -1.57. The molecule has 0 saturated carbocycles. The van der Waals surface area contributed by atoms with Gasteiger partial charge in [-0.1, -0.05) is 6.07 Å². The second kappa shape index (κ2) is 11.2. The van der Waals surface area contributed by atoms with E-state index in [1.165, 1.54) is 5.56 Å². The topological polar surface area (TPSA) is 46.2 Å². The van der Waals surface area contributed by atoms with Crippen LogP contribution in [-0.2, 0) is 11.2 Å². The molecular formula is C19H31N3O3S. The minimum atomic E-state index is 0.752. The van der Waals surface area contributed by atoms with Crippen molar-refractivity contribution < 1.29 is 14.2 Å². The number of likely N-dealkylation sites (N-methyl/N-ethyl adjacent to an activating group) is 1. The summed E-state index contributed by atoms with van der Waals surface area (Å²) in [7, 11) is 5.33. The third-order valence-corrected chi connectivity index (χ3v) is 5.02. The molecule has 0 bridgehead atoms. The first-order valence-electron chi connectivity index (χ1n) is 9.14. The second-order valence-electron chi connectivity index (χ2n) is 6.40. The van der Waals surface area contributed by atoms with E-state index in [0.29, 0.717) is 0 Å². The lowest BCUT2D eigenvalue weighted by Crippen LogP contribution is -2.41. The summed E-state index contributed by atoms with van der Waals surface area (Å²) in [6.07, 6.45) is 1.98. The molecule has 6 nitrogen and oxygen atoms in total. The number of nitrogens with one attached hydrogen (secondary N) is 1. The third-order valence-electron chi connectivity index (χ3n) is 4.56. The van der Waals surface area contributed by atoms with Crippen molar-refractivity contribution in [3.05, 3.63) is 23.8 Å². The molecule has 0 aliphatic carbocycles. The first kappa shape index (κ1) is 20.7. The van der Waals surface area contributed by atoms with Gasteiger partial charge in [0.25, 0.3) is 0 Å². The second-order valence-corrected chi connectivity index (χ2v) is 6.79. The standard InChI is InChI=1S/C19H31N3O3S/c1-21(10-7-16-5-6-17(23-2)18(15-16)24-3)19(26)20-8-4-9-22-11-13-25-14-12-22/h5-6,15H,4,7-14H2,1-3H3,(H,20,26). The number of ether oxygens (including phenoxy) is 3. The summed E-state index contributed by atoms with van der Waals surface area (Å²) in [6, 6.07) is 6.02. The van der Waals surface area contributed by atoms with E-state index in [-0.39, 0.29) is 0 Å². The van der Waals surface area contributed by atoms with Crippen LogP contribution in [0.3, 0.4) is 0 Å². The fourth-order valence-corrected chi connectivity index (χ4v) is 3.09. The van der Waals surface area contributed by atoms with Crippen LogP contribution in [0.15, 0.2) is 18.2 Å². The summed E-state index contributed by atoms with van der Waals surface area (Å²) in [5.74, 6) is 1.51. The lowest BCUT2D eigenvalue weighted by atomic mass is 10.1. The molecule has 0 aromatic heterocycles. The third kappa shape index (κ3) is 6.63. The minimum absolute atomic E-state index is 0.752. The summed E-state index contributed by atoms with van der Waals surface area (Å²) in [6.45, 7) is 6.62. The van der Waals surface area contributed by atoms with Crippen molar-refractivity contribution in [2.75, 3.05) is 67.2 Å². The zero-order chi connectivity index (χ0) is 18.8. The molecule has 1 N–H and O–H groups in total. The van der Waals surface area contributed by atoms with Crippen LogP contribution in [0.5, 0.6) is 11.5 Å². The van der Waals surface area contributed by atoms with Crippen molar-refractivity contribution in [2.45, 2.75) is 12.8 Å². The highest BCUT2D eigenvalue weighted by molar-refractivity contribution is 7.80. The average Bonchev–Trinajstić information content (AvgIpc) is 2.69. The Morgan fingerprint density at radius 3 is 2.65 bits per heavy atom. The first-order chi connectivity index (χ1) is 12.6. The highest BCUT2D eigenvalue weighted by Crippen LogP contribution is 2.27. The van der Waals surface area contributed by atoms with E-state index in [9.17, 15) is 0 Å². The van der Waals surface area contributed by atoms with Crippen LogP contribution in [0, 0.1) is 0 Å². The Labute approximate surface area is 162 Å². The predicted octanol–water partition coefficient (Wildman–Crippen LogP) is 1.77. The maximum Gasteiger partial charge on any atom is 0.168 e. The van der Waals surface area contributed by atoms with Gasteiger partial charge in [0.15, 0.2) is 16.6 Å². The van der Waals surface area contributed by atoms with Crippen LogP contribution >= 0.6 is 12.2 Å². The maximum atomic E-state index is 5.49. The van der Waals surface area contributed by atoms with Crippen molar-refractivity contribution in [1.29, 1.82) is 0 Å². The van der Waals surface area contributed by atoms with E-state index >= 15 is 0 Å². The zero-order valence-corrected chi connectivity index (χ0v) is 16.9. The Balaban J connectivity index is 1.66. The van der Waals surface area contributed by atoms with Crippen LogP contribution in [0.25, 0.3) is 0 Å². The fourth-order valence-electron chi connectivity index (χ4n) is 2.89. The number of morpholine rings is 1. The monoisotopic (exact) mass is 381 g/mol. The van der Waals surface area contributed by atoms with Crippen molar-refractivity contribution in [2.24, 2.45) is 0 Å². The first-order valence-corrected chi connectivity index (χ1v) is 9.55. The number of benzene rings is 1. The summed E-state index contributed by atoms with van der Waals surface area (Å²) >= 11 is 5.49. The van der Waals surface area contributed by atoms with E-state index < -0.39 is 0 Å². The number of hydrogen-bond acceptors (Lipinski definition) is 5. The van der Waals surface area contributed by atoms with Gasteiger partial charge in [0.2, 0.25) is 0 Å². The van der Waals surface area contributed by atoms with E-state index in [2.05, 4.69) is 21.2 Å². The summed E-state index contributed by atoms with van der Waals surface area (Å²) in [5.41, 5.74) is 1.20. The number of hydrogen-bond donors (Lipinski definition) is 1. The van der Waals surface area contributed by atoms with Gasteiger partial charge in [-0.05, 0) is 49.3 Å². The molecule has 146 valence electrons. The quantitative estimate of drug-likeness (QED) is 0.517. The van der Waals surface area contributed by atoms with Crippen molar-refractivity contribution in [1.82, 2.24) is 15.1 Å². The molecule has 0 atom stereocenters. The van der Waals surface area contributed by atoms with Gasteiger partial charge < -0.3 is 24.4 Å². The minimum Gasteiger partial charge on any atom is -0.493 e. The molecule has 0 unspecified atom stereocenters. The van der Waals surface area contributed by atoms with Crippen LogP contribution in [-0.4, -0.2) is 82.1 Å². The van der Waals surface area contributed by atoms with Gasteiger partial charge in [-0.3, -0.25) is 4.90 Å². The lowest BCUT2D eigenvalue weighted by Gasteiger charge is -2.27. The van der Waals surface area contributed by atoms with Crippen LogP contribution < -0.4 is 14.8 Å². The molecule has 1 heterocycles. The molecule has 1 aromatic carbocycles. The average molecular weight is 382 g/mol. The highest BCUT2D eigenvalue weighted by atomic mass is 32.1. The van der Waals surface area contributed by atoms with E-state index in [4.69, 9.17) is 26.4 Å². The summed E-state index contributed by atoms with van der Waals surface area (Å²) in [5, 5.41) is 4.15. The molecule has 2 rings (SSSR count). The molecule has 26 heavy (non-hydrogen) atoms.